The van der Waals surface area contributed by atoms with Crippen molar-refractivity contribution in [3.8, 4) is 0 Å². The molecular formula is C9H11N2O2-. The monoisotopic (exact) mass is 179 g/mol. The summed E-state index contributed by atoms with van der Waals surface area (Å²) < 4.78 is 0. The van der Waals surface area contributed by atoms with E-state index in [1.165, 1.54) is 0 Å². The molecule has 0 amide bonds. The van der Waals surface area contributed by atoms with Gasteiger partial charge >= 0.3 is 0 Å². The summed E-state index contributed by atoms with van der Waals surface area (Å²) in [6.45, 7) is 0. The molecule has 0 radical (unpaired) electrons. The summed E-state index contributed by atoms with van der Waals surface area (Å²) in [7, 11) is 3.69. The van der Waals surface area contributed by atoms with E-state index >= 15 is 0 Å². The van der Waals surface area contributed by atoms with E-state index in [0.29, 0.717) is 5.69 Å². The Morgan fingerprint density at radius 1 is 1.62 bits per heavy atom. The fourth-order valence-corrected chi connectivity index (χ4v) is 1.11. The predicted octanol–water partition coefficient (Wildman–Crippen LogP) is -0.560. The van der Waals surface area contributed by atoms with Gasteiger partial charge < -0.3 is 14.8 Å². The van der Waals surface area contributed by atoms with E-state index < -0.39 is 5.97 Å². The molecule has 1 rings (SSSR count). The third kappa shape index (κ3) is 2.43. The van der Waals surface area contributed by atoms with Gasteiger partial charge in [0.1, 0.15) is 0 Å². The first kappa shape index (κ1) is 9.51. The molecule has 4 nitrogen and oxygen atoms in total. The van der Waals surface area contributed by atoms with Gasteiger partial charge in [-0.05, 0) is 12.1 Å². The Kier molecular flexibility index (Phi) is 2.84. The minimum Gasteiger partial charge on any atom is -0.550 e. The highest BCUT2D eigenvalue weighted by atomic mass is 16.4. The SMILES string of the molecule is CN(C)c1cccnc1CC(=O)[O-]. The Bertz CT molecular complexity index is 310. The van der Waals surface area contributed by atoms with Crippen LogP contribution in [0, 0.1) is 0 Å². The lowest BCUT2D eigenvalue weighted by molar-refractivity contribution is -0.304. The van der Waals surface area contributed by atoms with Gasteiger partial charge in [0.15, 0.2) is 0 Å². The molecule has 0 unspecified atom stereocenters. The van der Waals surface area contributed by atoms with Crippen molar-refractivity contribution >= 4 is 11.7 Å². The van der Waals surface area contributed by atoms with Gasteiger partial charge in [-0.15, -0.1) is 0 Å². The molecular weight excluding hydrogens is 168 g/mol. The quantitative estimate of drug-likeness (QED) is 0.624. The number of aliphatic carboxylic acids is 1. The first-order chi connectivity index (χ1) is 6.11. The summed E-state index contributed by atoms with van der Waals surface area (Å²) in [6, 6.07) is 3.60. The molecule has 0 atom stereocenters. The molecule has 0 aliphatic carbocycles. The van der Waals surface area contributed by atoms with Crippen molar-refractivity contribution in [3.63, 3.8) is 0 Å². The Labute approximate surface area is 76.8 Å². The molecule has 0 spiro atoms. The van der Waals surface area contributed by atoms with Gasteiger partial charge in [0.2, 0.25) is 0 Å². The molecule has 0 aliphatic heterocycles. The molecule has 0 fully saturated rings. The first-order valence-electron chi connectivity index (χ1n) is 3.92. The van der Waals surface area contributed by atoms with Crippen molar-refractivity contribution in [2.24, 2.45) is 0 Å². The van der Waals surface area contributed by atoms with Crippen LogP contribution in [0.3, 0.4) is 0 Å². The number of carbonyl (C=O) groups is 1. The maximum atomic E-state index is 10.4. The molecule has 0 saturated carbocycles. The van der Waals surface area contributed by atoms with Crippen LogP contribution in [0.1, 0.15) is 5.69 Å². The van der Waals surface area contributed by atoms with E-state index in [0.717, 1.165) is 5.69 Å². The van der Waals surface area contributed by atoms with Crippen LogP contribution in [-0.4, -0.2) is 25.0 Å². The zero-order valence-electron chi connectivity index (χ0n) is 7.65. The van der Waals surface area contributed by atoms with Crippen molar-refractivity contribution in [1.82, 2.24) is 4.98 Å². The molecule has 0 N–H and O–H groups in total. The van der Waals surface area contributed by atoms with E-state index in [2.05, 4.69) is 4.98 Å². The van der Waals surface area contributed by atoms with Gasteiger partial charge in [0.25, 0.3) is 0 Å². The van der Waals surface area contributed by atoms with E-state index in [4.69, 9.17) is 0 Å². The number of rotatable bonds is 3. The molecule has 1 heterocycles. The number of anilines is 1. The van der Waals surface area contributed by atoms with Crippen molar-refractivity contribution in [3.05, 3.63) is 24.0 Å². The van der Waals surface area contributed by atoms with Gasteiger partial charge in [0, 0.05) is 32.7 Å². The summed E-state index contributed by atoms with van der Waals surface area (Å²) >= 11 is 0. The largest absolute Gasteiger partial charge is 0.550 e. The Hall–Kier alpha value is -1.58. The average molecular weight is 179 g/mol. The average Bonchev–Trinajstić information content (AvgIpc) is 2.03. The fraction of sp³-hybridized carbons (Fsp3) is 0.333. The minimum atomic E-state index is -1.11. The zero-order valence-corrected chi connectivity index (χ0v) is 7.65. The lowest BCUT2D eigenvalue weighted by Gasteiger charge is -2.16. The maximum Gasteiger partial charge on any atom is 0.0692 e. The normalized spacial score (nSPS) is 9.69. The van der Waals surface area contributed by atoms with Gasteiger partial charge in [-0.2, -0.15) is 0 Å². The molecule has 1 aromatic heterocycles. The number of aromatic nitrogens is 1. The lowest BCUT2D eigenvalue weighted by Crippen LogP contribution is -2.26. The number of hydrogen-bond acceptors (Lipinski definition) is 4. The second-order valence-corrected chi connectivity index (χ2v) is 2.91. The van der Waals surface area contributed by atoms with Crippen LogP contribution in [0.5, 0.6) is 0 Å². The van der Waals surface area contributed by atoms with Crippen molar-refractivity contribution in [2.75, 3.05) is 19.0 Å². The fourth-order valence-electron chi connectivity index (χ4n) is 1.11. The third-order valence-corrected chi connectivity index (χ3v) is 1.66. The zero-order chi connectivity index (χ0) is 9.84. The van der Waals surface area contributed by atoms with Crippen molar-refractivity contribution in [2.45, 2.75) is 6.42 Å². The summed E-state index contributed by atoms with van der Waals surface area (Å²) in [5.41, 5.74) is 1.35. The molecule has 0 aromatic carbocycles. The van der Waals surface area contributed by atoms with Gasteiger partial charge in [-0.25, -0.2) is 0 Å². The van der Waals surface area contributed by atoms with Crippen LogP contribution in [0.15, 0.2) is 18.3 Å². The molecule has 13 heavy (non-hydrogen) atoms. The molecule has 4 heteroatoms. The smallest absolute Gasteiger partial charge is 0.0692 e. The Balaban J connectivity index is 2.97. The van der Waals surface area contributed by atoms with Crippen LogP contribution in [0.2, 0.25) is 0 Å². The number of pyridine rings is 1. The van der Waals surface area contributed by atoms with Crippen molar-refractivity contribution in [1.29, 1.82) is 0 Å². The number of carbonyl (C=O) groups excluding carboxylic acids is 1. The van der Waals surface area contributed by atoms with Crippen LogP contribution in [0.25, 0.3) is 0 Å². The second kappa shape index (κ2) is 3.89. The van der Waals surface area contributed by atoms with Gasteiger partial charge in [0.05, 0.1) is 11.4 Å². The number of carboxylic acids is 1. The third-order valence-electron chi connectivity index (χ3n) is 1.66. The molecule has 1 aromatic rings. The Morgan fingerprint density at radius 2 is 2.31 bits per heavy atom. The Morgan fingerprint density at radius 3 is 2.85 bits per heavy atom. The lowest BCUT2D eigenvalue weighted by atomic mass is 10.2. The molecule has 0 saturated heterocycles. The van der Waals surface area contributed by atoms with E-state index in [1.807, 2.05) is 25.1 Å². The van der Waals surface area contributed by atoms with Gasteiger partial charge in [-0.1, -0.05) is 0 Å². The molecule has 0 aliphatic rings. The summed E-state index contributed by atoms with van der Waals surface area (Å²) in [5.74, 6) is -1.11. The molecule has 0 bridgehead atoms. The summed E-state index contributed by atoms with van der Waals surface area (Å²) in [5, 5.41) is 10.4. The summed E-state index contributed by atoms with van der Waals surface area (Å²) in [4.78, 5) is 16.2. The molecule has 70 valence electrons. The minimum absolute atomic E-state index is 0.144. The maximum absolute atomic E-state index is 10.4. The first-order valence-corrected chi connectivity index (χ1v) is 3.92. The van der Waals surface area contributed by atoms with E-state index in [-0.39, 0.29) is 6.42 Å². The van der Waals surface area contributed by atoms with Gasteiger partial charge in [-0.3, -0.25) is 4.98 Å². The van der Waals surface area contributed by atoms with Crippen LogP contribution in [-0.2, 0) is 11.2 Å². The highest BCUT2D eigenvalue weighted by molar-refractivity contribution is 5.70. The second-order valence-electron chi connectivity index (χ2n) is 2.91. The van der Waals surface area contributed by atoms with E-state index in [1.54, 1.807) is 12.3 Å². The number of hydrogen-bond donors (Lipinski definition) is 0. The van der Waals surface area contributed by atoms with Crippen molar-refractivity contribution < 1.29 is 9.90 Å². The topological polar surface area (TPSA) is 56.3 Å². The highest BCUT2D eigenvalue weighted by Crippen LogP contribution is 2.15. The highest BCUT2D eigenvalue weighted by Gasteiger charge is 2.04. The van der Waals surface area contributed by atoms with E-state index in [9.17, 15) is 9.90 Å². The van der Waals surface area contributed by atoms with Crippen LogP contribution >= 0.6 is 0 Å². The standard InChI is InChI=1S/C9H12N2O2/c1-11(2)8-4-3-5-10-7(8)6-9(12)13/h3-5H,6H2,1-2H3,(H,12,13)/p-1. The van der Waals surface area contributed by atoms with Crippen LogP contribution in [0.4, 0.5) is 5.69 Å². The van der Waals surface area contributed by atoms with Crippen LogP contribution < -0.4 is 10.0 Å². The number of carboxylic acid groups (broad SMARTS) is 1. The summed E-state index contributed by atoms with van der Waals surface area (Å²) in [6.07, 6.45) is 1.43. The predicted molar refractivity (Wildman–Crippen MR) is 47.3 cm³/mol. The number of nitrogens with zero attached hydrogens (tertiary/aromatic N) is 2.